The fraction of sp³-hybridized carbons (Fsp3) is 0.579. The number of rotatable bonds is 10. The van der Waals surface area contributed by atoms with Crippen molar-refractivity contribution in [3.63, 3.8) is 0 Å². The summed E-state index contributed by atoms with van der Waals surface area (Å²) in [6.45, 7) is 3.40. The second-order valence-corrected chi connectivity index (χ2v) is 5.91. The summed E-state index contributed by atoms with van der Waals surface area (Å²) in [7, 11) is 1.72. The average molecular weight is 287 g/mol. The van der Waals surface area contributed by atoms with Gasteiger partial charge in [-0.2, -0.15) is 0 Å². The van der Waals surface area contributed by atoms with E-state index in [1.165, 1.54) is 62.3 Å². The fourth-order valence-electron chi connectivity index (χ4n) is 2.92. The van der Waals surface area contributed by atoms with Crippen molar-refractivity contribution in [1.82, 2.24) is 4.57 Å². The number of aromatic nitrogens is 1. The van der Waals surface area contributed by atoms with Crippen molar-refractivity contribution in [2.75, 3.05) is 7.11 Å². The summed E-state index contributed by atoms with van der Waals surface area (Å²) in [4.78, 5) is 0. The van der Waals surface area contributed by atoms with E-state index in [-0.39, 0.29) is 0 Å². The molecule has 0 spiro atoms. The fourth-order valence-corrected chi connectivity index (χ4v) is 2.92. The number of ether oxygens (including phenoxy) is 1. The van der Waals surface area contributed by atoms with Gasteiger partial charge in [0, 0.05) is 23.6 Å². The number of methoxy groups -OCH3 is 1. The maximum atomic E-state index is 5.28. The first-order valence-electron chi connectivity index (χ1n) is 8.48. The van der Waals surface area contributed by atoms with Crippen LogP contribution in [0.5, 0.6) is 5.75 Å². The highest BCUT2D eigenvalue weighted by Crippen LogP contribution is 2.22. The molecular formula is C19H29NO. The Morgan fingerprint density at radius 1 is 0.905 bits per heavy atom. The van der Waals surface area contributed by atoms with Crippen LogP contribution in [0.4, 0.5) is 0 Å². The first-order valence-corrected chi connectivity index (χ1v) is 8.48. The van der Waals surface area contributed by atoms with Gasteiger partial charge in [0.25, 0.3) is 0 Å². The topological polar surface area (TPSA) is 14.2 Å². The maximum Gasteiger partial charge on any atom is 0.119 e. The van der Waals surface area contributed by atoms with E-state index in [1.807, 2.05) is 6.07 Å². The lowest BCUT2D eigenvalue weighted by molar-refractivity contribution is 0.415. The van der Waals surface area contributed by atoms with Gasteiger partial charge >= 0.3 is 0 Å². The SMILES string of the molecule is CCCCCCCCCCn1ccc2cc(OC)ccc21. The Morgan fingerprint density at radius 3 is 2.33 bits per heavy atom. The average Bonchev–Trinajstić information content (AvgIpc) is 2.92. The molecule has 0 aliphatic heterocycles. The Kier molecular flexibility index (Phi) is 6.65. The van der Waals surface area contributed by atoms with Crippen LogP contribution in [-0.2, 0) is 6.54 Å². The van der Waals surface area contributed by atoms with Crippen LogP contribution in [-0.4, -0.2) is 11.7 Å². The minimum Gasteiger partial charge on any atom is -0.497 e. The molecule has 2 heteroatoms. The van der Waals surface area contributed by atoms with Crippen LogP contribution >= 0.6 is 0 Å². The molecule has 0 saturated heterocycles. The predicted molar refractivity (Wildman–Crippen MR) is 91.1 cm³/mol. The van der Waals surface area contributed by atoms with E-state index >= 15 is 0 Å². The van der Waals surface area contributed by atoms with Gasteiger partial charge in [0.15, 0.2) is 0 Å². The van der Waals surface area contributed by atoms with E-state index in [0.717, 1.165) is 12.3 Å². The minimum absolute atomic E-state index is 0.937. The van der Waals surface area contributed by atoms with E-state index in [1.54, 1.807) is 7.11 Å². The number of unbranched alkanes of at least 4 members (excludes halogenated alkanes) is 7. The Labute approximate surface area is 129 Å². The van der Waals surface area contributed by atoms with Gasteiger partial charge < -0.3 is 9.30 Å². The Balaban J connectivity index is 1.71. The summed E-state index contributed by atoms with van der Waals surface area (Å²) in [5.74, 6) is 0.937. The zero-order valence-electron chi connectivity index (χ0n) is 13.6. The van der Waals surface area contributed by atoms with Crippen LogP contribution in [0.15, 0.2) is 30.5 Å². The molecule has 0 radical (unpaired) electrons. The summed E-state index contributed by atoms with van der Waals surface area (Å²) in [5.41, 5.74) is 1.32. The molecule has 0 saturated carbocycles. The lowest BCUT2D eigenvalue weighted by Crippen LogP contribution is -1.96. The molecule has 0 aliphatic carbocycles. The molecule has 0 amide bonds. The largest absolute Gasteiger partial charge is 0.497 e. The van der Waals surface area contributed by atoms with Crippen LogP contribution in [0, 0.1) is 0 Å². The van der Waals surface area contributed by atoms with Crippen LogP contribution in [0.2, 0.25) is 0 Å². The van der Waals surface area contributed by atoms with Crippen LogP contribution in [0.3, 0.4) is 0 Å². The van der Waals surface area contributed by atoms with E-state index in [9.17, 15) is 0 Å². The van der Waals surface area contributed by atoms with Crippen molar-refractivity contribution in [1.29, 1.82) is 0 Å². The zero-order valence-corrected chi connectivity index (χ0v) is 13.6. The maximum absolute atomic E-state index is 5.28. The normalized spacial score (nSPS) is 11.1. The molecule has 0 aliphatic rings. The number of aryl methyl sites for hydroxylation is 1. The monoisotopic (exact) mass is 287 g/mol. The summed E-state index contributed by atoms with van der Waals surface area (Å²) in [6, 6.07) is 8.51. The number of benzene rings is 1. The summed E-state index contributed by atoms with van der Waals surface area (Å²) in [5, 5.41) is 1.27. The van der Waals surface area contributed by atoms with Crippen molar-refractivity contribution in [3.05, 3.63) is 30.5 Å². The summed E-state index contributed by atoms with van der Waals surface area (Å²) >= 11 is 0. The van der Waals surface area contributed by atoms with Crippen molar-refractivity contribution in [3.8, 4) is 5.75 Å². The quantitative estimate of drug-likeness (QED) is 0.504. The standard InChI is InChI=1S/C19H29NO/c1-3-4-5-6-7-8-9-10-14-20-15-13-17-16-18(21-2)11-12-19(17)20/h11-13,15-16H,3-10,14H2,1-2H3. The molecule has 1 aromatic heterocycles. The van der Waals surface area contributed by atoms with Crippen LogP contribution in [0.1, 0.15) is 58.3 Å². The smallest absolute Gasteiger partial charge is 0.119 e. The van der Waals surface area contributed by atoms with Crippen LogP contribution in [0.25, 0.3) is 10.9 Å². The van der Waals surface area contributed by atoms with Crippen molar-refractivity contribution in [2.45, 2.75) is 64.8 Å². The second-order valence-electron chi connectivity index (χ2n) is 5.91. The second kappa shape index (κ2) is 8.76. The molecule has 0 bridgehead atoms. The Morgan fingerprint density at radius 2 is 1.62 bits per heavy atom. The number of fused-ring (bicyclic) bond motifs is 1. The van der Waals surface area contributed by atoms with Gasteiger partial charge in [-0.15, -0.1) is 0 Å². The van der Waals surface area contributed by atoms with Crippen molar-refractivity contribution >= 4 is 10.9 Å². The first-order chi connectivity index (χ1) is 10.3. The molecule has 0 atom stereocenters. The van der Waals surface area contributed by atoms with Gasteiger partial charge in [0.1, 0.15) is 5.75 Å². The van der Waals surface area contributed by atoms with Gasteiger partial charge in [-0.1, -0.05) is 51.9 Å². The van der Waals surface area contributed by atoms with Gasteiger partial charge in [0.05, 0.1) is 7.11 Å². The highest BCUT2D eigenvalue weighted by Gasteiger charge is 2.02. The Bertz CT molecular complexity index is 529. The molecule has 116 valence electrons. The molecule has 0 N–H and O–H groups in total. The minimum atomic E-state index is 0.937. The van der Waals surface area contributed by atoms with Crippen molar-refractivity contribution in [2.24, 2.45) is 0 Å². The lowest BCUT2D eigenvalue weighted by Gasteiger charge is -2.06. The molecule has 0 unspecified atom stereocenters. The van der Waals surface area contributed by atoms with Crippen molar-refractivity contribution < 1.29 is 4.74 Å². The van der Waals surface area contributed by atoms with Gasteiger partial charge in [-0.25, -0.2) is 0 Å². The molecule has 1 heterocycles. The molecule has 2 nitrogen and oxygen atoms in total. The predicted octanol–water partition coefficient (Wildman–Crippen LogP) is 5.79. The zero-order chi connectivity index (χ0) is 14.9. The number of hydrogen-bond donors (Lipinski definition) is 0. The lowest BCUT2D eigenvalue weighted by atomic mass is 10.1. The van der Waals surface area contributed by atoms with E-state index < -0.39 is 0 Å². The van der Waals surface area contributed by atoms with Gasteiger partial charge in [-0.3, -0.25) is 0 Å². The van der Waals surface area contributed by atoms with Gasteiger partial charge in [-0.05, 0) is 30.7 Å². The third-order valence-corrected chi connectivity index (χ3v) is 4.23. The molecule has 21 heavy (non-hydrogen) atoms. The van der Waals surface area contributed by atoms with E-state index in [4.69, 9.17) is 4.74 Å². The number of hydrogen-bond acceptors (Lipinski definition) is 1. The summed E-state index contributed by atoms with van der Waals surface area (Å²) in [6.07, 6.45) is 13.2. The Hall–Kier alpha value is -1.44. The highest BCUT2D eigenvalue weighted by molar-refractivity contribution is 5.81. The molecule has 2 rings (SSSR count). The van der Waals surface area contributed by atoms with E-state index in [2.05, 4.69) is 35.9 Å². The molecular weight excluding hydrogens is 258 g/mol. The molecule has 0 fully saturated rings. The highest BCUT2D eigenvalue weighted by atomic mass is 16.5. The first kappa shape index (κ1) is 15.9. The molecule has 1 aromatic carbocycles. The molecule has 2 aromatic rings. The third-order valence-electron chi connectivity index (χ3n) is 4.23. The number of nitrogens with zero attached hydrogens (tertiary/aromatic N) is 1. The van der Waals surface area contributed by atoms with Gasteiger partial charge in [0.2, 0.25) is 0 Å². The van der Waals surface area contributed by atoms with E-state index in [0.29, 0.717) is 0 Å². The summed E-state index contributed by atoms with van der Waals surface area (Å²) < 4.78 is 7.64. The third kappa shape index (κ3) is 4.80. The van der Waals surface area contributed by atoms with Crippen LogP contribution < -0.4 is 4.74 Å².